The SMILES string of the molecule is CCCN(CCC)C(=O)c1cccc(C(=O)NC(Cc2cc(F)cc(F)c2)C(CNCc2ccccc2)OC(=O)NCCCN)c1. The Kier molecular flexibility index (Phi) is 15.1. The molecule has 0 fully saturated rings. The van der Waals surface area contributed by atoms with Crippen molar-refractivity contribution >= 4 is 17.9 Å². The van der Waals surface area contributed by atoms with Crippen LogP contribution in [0.25, 0.3) is 0 Å². The highest BCUT2D eigenvalue weighted by Gasteiger charge is 2.28. The van der Waals surface area contributed by atoms with Crippen LogP contribution < -0.4 is 21.7 Å². The molecular formula is C35H45F2N5O4. The molecule has 0 aliphatic heterocycles. The number of carbonyl (C=O) groups is 3. The number of nitrogens with one attached hydrogen (secondary N) is 3. The highest BCUT2D eigenvalue weighted by Crippen LogP contribution is 2.16. The Morgan fingerprint density at radius 3 is 2.20 bits per heavy atom. The van der Waals surface area contributed by atoms with Gasteiger partial charge in [-0.05, 0) is 73.7 Å². The van der Waals surface area contributed by atoms with Gasteiger partial charge in [-0.3, -0.25) is 9.59 Å². The predicted octanol–water partition coefficient (Wildman–Crippen LogP) is 4.80. The van der Waals surface area contributed by atoms with Crippen LogP contribution in [0.5, 0.6) is 0 Å². The summed E-state index contributed by atoms with van der Waals surface area (Å²) in [6.45, 7) is 6.41. The molecule has 46 heavy (non-hydrogen) atoms. The number of benzene rings is 3. The third-order valence-electron chi connectivity index (χ3n) is 7.22. The summed E-state index contributed by atoms with van der Waals surface area (Å²) >= 11 is 0. The fourth-order valence-corrected chi connectivity index (χ4v) is 5.03. The fraction of sp³-hybridized carbons (Fsp3) is 0.400. The average Bonchev–Trinajstić information content (AvgIpc) is 3.04. The lowest BCUT2D eigenvalue weighted by molar-refractivity contribution is 0.0647. The van der Waals surface area contributed by atoms with E-state index in [2.05, 4.69) is 16.0 Å². The number of hydrogen-bond donors (Lipinski definition) is 4. The van der Waals surface area contributed by atoms with Crippen molar-refractivity contribution < 1.29 is 27.9 Å². The van der Waals surface area contributed by atoms with Crippen molar-refractivity contribution in [2.24, 2.45) is 5.73 Å². The van der Waals surface area contributed by atoms with Crippen molar-refractivity contribution in [2.45, 2.75) is 58.2 Å². The number of halogens is 2. The molecule has 3 rings (SSSR count). The number of carbonyl (C=O) groups excluding carboxylic acids is 3. The Bertz CT molecular complexity index is 1380. The molecule has 3 aromatic carbocycles. The molecular weight excluding hydrogens is 592 g/mol. The van der Waals surface area contributed by atoms with E-state index in [1.54, 1.807) is 23.1 Å². The summed E-state index contributed by atoms with van der Waals surface area (Å²) in [5, 5.41) is 8.83. The van der Waals surface area contributed by atoms with Crippen molar-refractivity contribution in [3.8, 4) is 0 Å². The Labute approximate surface area is 269 Å². The molecule has 9 nitrogen and oxygen atoms in total. The molecule has 0 spiro atoms. The van der Waals surface area contributed by atoms with Gasteiger partial charge in [0.05, 0.1) is 6.04 Å². The maximum absolute atomic E-state index is 14.2. The summed E-state index contributed by atoms with van der Waals surface area (Å²) in [5.41, 5.74) is 7.39. The maximum atomic E-state index is 14.2. The molecule has 0 aliphatic carbocycles. The fourth-order valence-electron chi connectivity index (χ4n) is 5.03. The van der Waals surface area contributed by atoms with Crippen molar-refractivity contribution in [3.63, 3.8) is 0 Å². The van der Waals surface area contributed by atoms with E-state index < -0.39 is 35.8 Å². The number of amides is 3. The van der Waals surface area contributed by atoms with E-state index in [4.69, 9.17) is 10.5 Å². The molecule has 0 bridgehead atoms. The maximum Gasteiger partial charge on any atom is 0.407 e. The van der Waals surface area contributed by atoms with Crippen LogP contribution in [-0.2, 0) is 17.7 Å². The Balaban J connectivity index is 1.90. The standard InChI is InChI=1S/C35H45F2N5O4/c1-3-16-42(17-4-2)34(44)28-13-8-12-27(21-28)33(43)41-31(20-26-18-29(36)22-30(37)19-26)32(46-35(45)40-15-9-14-38)24-39-23-25-10-6-5-7-11-25/h5-8,10-13,18-19,21-22,31-32,39H,3-4,9,14-17,20,23-24,38H2,1-2H3,(H,40,45)(H,41,43). The van der Waals surface area contributed by atoms with Crippen LogP contribution >= 0.6 is 0 Å². The van der Waals surface area contributed by atoms with Crippen LogP contribution in [0.15, 0.2) is 72.8 Å². The molecule has 0 aliphatic rings. The summed E-state index contributed by atoms with van der Waals surface area (Å²) in [4.78, 5) is 41.5. The van der Waals surface area contributed by atoms with Gasteiger partial charge in [0.25, 0.3) is 11.8 Å². The lowest BCUT2D eigenvalue weighted by Crippen LogP contribution is -2.51. The van der Waals surface area contributed by atoms with Gasteiger partial charge >= 0.3 is 6.09 Å². The van der Waals surface area contributed by atoms with Crippen LogP contribution in [0.2, 0.25) is 0 Å². The first-order chi connectivity index (χ1) is 22.2. The second kappa shape index (κ2) is 19.2. The molecule has 0 heterocycles. The molecule has 5 N–H and O–H groups in total. The minimum Gasteiger partial charge on any atom is -0.443 e. The van der Waals surface area contributed by atoms with E-state index in [-0.39, 0.29) is 30.0 Å². The van der Waals surface area contributed by atoms with E-state index in [1.165, 1.54) is 18.2 Å². The summed E-state index contributed by atoms with van der Waals surface area (Å²) < 4.78 is 34.2. The van der Waals surface area contributed by atoms with Gasteiger partial charge in [-0.1, -0.05) is 50.2 Å². The molecule has 0 radical (unpaired) electrons. The van der Waals surface area contributed by atoms with E-state index in [9.17, 15) is 23.2 Å². The normalized spacial score (nSPS) is 12.2. The van der Waals surface area contributed by atoms with Crippen LogP contribution in [0, 0.1) is 11.6 Å². The third-order valence-corrected chi connectivity index (χ3v) is 7.22. The van der Waals surface area contributed by atoms with Crippen LogP contribution in [0.1, 0.15) is 65.0 Å². The van der Waals surface area contributed by atoms with Gasteiger partial charge in [0, 0.05) is 49.9 Å². The zero-order valence-electron chi connectivity index (χ0n) is 26.6. The molecule has 248 valence electrons. The van der Waals surface area contributed by atoms with Crippen molar-refractivity contribution in [3.05, 3.63) is 107 Å². The van der Waals surface area contributed by atoms with Gasteiger partial charge in [0.1, 0.15) is 17.7 Å². The molecule has 0 aromatic heterocycles. The zero-order chi connectivity index (χ0) is 33.3. The number of rotatable bonds is 18. The minimum atomic E-state index is -0.953. The van der Waals surface area contributed by atoms with Gasteiger partial charge in [-0.25, -0.2) is 13.6 Å². The van der Waals surface area contributed by atoms with Crippen molar-refractivity contribution in [2.75, 3.05) is 32.7 Å². The summed E-state index contributed by atoms with van der Waals surface area (Å²) in [6, 6.07) is 18.2. The molecule has 2 atom stereocenters. The van der Waals surface area contributed by atoms with E-state index >= 15 is 0 Å². The number of alkyl carbamates (subject to hydrolysis) is 1. The minimum absolute atomic E-state index is 0.0480. The molecule has 0 saturated carbocycles. The highest BCUT2D eigenvalue weighted by molar-refractivity contribution is 5.99. The Morgan fingerprint density at radius 2 is 1.54 bits per heavy atom. The van der Waals surface area contributed by atoms with Crippen LogP contribution in [0.4, 0.5) is 13.6 Å². The van der Waals surface area contributed by atoms with Crippen LogP contribution in [-0.4, -0.2) is 67.7 Å². The van der Waals surface area contributed by atoms with Gasteiger partial charge < -0.3 is 31.3 Å². The Morgan fingerprint density at radius 1 is 0.870 bits per heavy atom. The quantitative estimate of drug-likeness (QED) is 0.149. The molecule has 3 aromatic rings. The molecule has 2 unspecified atom stereocenters. The van der Waals surface area contributed by atoms with E-state index in [0.29, 0.717) is 44.7 Å². The van der Waals surface area contributed by atoms with Gasteiger partial charge in [0.2, 0.25) is 0 Å². The number of hydrogen-bond acceptors (Lipinski definition) is 6. The third kappa shape index (κ3) is 11.9. The lowest BCUT2D eigenvalue weighted by Gasteiger charge is -2.29. The predicted molar refractivity (Wildman–Crippen MR) is 174 cm³/mol. The Hall–Kier alpha value is -4.35. The first-order valence-corrected chi connectivity index (χ1v) is 15.8. The lowest BCUT2D eigenvalue weighted by atomic mass is 9.99. The average molecular weight is 638 g/mol. The summed E-state index contributed by atoms with van der Waals surface area (Å²) in [7, 11) is 0. The van der Waals surface area contributed by atoms with Gasteiger partial charge in [-0.15, -0.1) is 0 Å². The number of nitrogens with two attached hydrogens (primary N) is 1. The van der Waals surface area contributed by atoms with Crippen molar-refractivity contribution in [1.29, 1.82) is 0 Å². The van der Waals surface area contributed by atoms with E-state index in [0.717, 1.165) is 24.5 Å². The topological polar surface area (TPSA) is 126 Å². The second-order valence-corrected chi connectivity index (χ2v) is 11.1. The molecule has 11 heteroatoms. The second-order valence-electron chi connectivity index (χ2n) is 11.1. The largest absolute Gasteiger partial charge is 0.443 e. The van der Waals surface area contributed by atoms with Gasteiger partial charge in [-0.2, -0.15) is 0 Å². The number of ether oxygens (including phenoxy) is 1. The van der Waals surface area contributed by atoms with E-state index in [1.807, 2.05) is 44.2 Å². The molecule has 0 saturated heterocycles. The first kappa shape index (κ1) is 36.1. The van der Waals surface area contributed by atoms with Gasteiger partial charge in [0.15, 0.2) is 0 Å². The monoisotopic (exact) mass is 637 g/mol. The van der Waals surface area contributed by atoms with Crippen molar-refractivity contribution in [1.82, 2.24) is 20.9 Å². The smallest absolute Gasteiger partial charge is 0.407 e. The highest BCUT2D eigenvalue weighted by atomic mass is 19.1. The zero-order valence-corrected chi connectivity index (χ0v) is 26.6. The number of nitrogens with zero attached hydrogens (tertiary/aromatic N) is 1. The summed E-state index contributed by atoms with van der Waals surface area (Å²) in [5.74, 6) is -2.25. The van der Waals surface area contributed by atoms with Crippen LogP contribution in [0.3, 0.4) is 0 Å². The first-order valence-electron chi connectivity index (χ1n) is 15.8. The molecule has 3 amide bonds. The summed E-state index contributed by atoms with van der Waals surface area (Å²) in [6.07, 6.45) is 0.419.